The summed E-state index contributed by atoms with van der Waals surface area (Å²) in [5.74, 6) is 0.948. The highest BCUT2D eigenvalue weighted by atomic mass is 16.3. The number of rotatable bonds is 3. The van der Waals surface area contributed by atoms with E-state index in [4.69, 9.17) is 10.1 Å². The van der Waals surface area contributed by atoms with Crippen LogP contribution in [0.2, 0.25) is 0 Å². The van der Waals surface area contributed by atoms with Crippen molar-refractivity contribution in [2.24, 2.45) is 10.1 Å². The molecule has 0 aromatic heterocycles. The largest absolute Gasteiger partial charge is 0.395 e. The second-order valence-corrected chi connectivity index (χ2v) is 5.60. The van der Waals surface area contributed by atoms with Gasteiger partial charge in [-0.15, -0.1) is 0 Å². The van der Waals surface area contributed by atoms with Gasteiger partial charge in [0.05, 0.1) is 18.9 Å². The van der Waals surface area contributed by atoms with Gasteiger partial charge in [-0.3, -0.25) is 4.90 Å². The molecule has 0 bridgehead atoms. The Bertz CT molecular complexity index is 549. The first-order chi connectivity index (χ1) is 10.8. The summed E-state index contributed by atoms with van der Waals surface area (Å²) in [6.45, 7) is 5.39. The van der Waals surface area contributed by atoms with E-state index in [-0.39, 0.29) is 6.61 Å². The molecule has 0 aliphatic carbocycles. The van der Waals surface area contributed by atoms with Gasteiger partial charge in [0, 0.05) is 39.8 Å². The minimum absolute atomic E-state index is 0.228. The maximum Gasteiger partial charge on any atom is 0.217 e. The average molecular weight is 301 g/mol. The Morgan fingerprint density at radius 1 is 1.09 bits per heavy atom. The minimum Gasteiger partial charge on any atom is -0.395 e. The number of aliphatic hydroxyl groups excluding tert-OH is 1. The van der Waals surface area contributed by atoms with Gasteiger partial charge >= 0.3 is 0 Å². The first-order valence-corrected chi connectivity index (χ1v) is 7.77. The fraction of sp³-hybridized carbons (Fsp3) is 0.500. The number of hydrogen-bond acceptors (Lipinski definition) is 6. The highest BCUT2D eigenvalue weighted by Crippen LogP contribution is 2.12. The standard InChI is InChI=1S/C16H23N5O/c1-19-16(21-9-7-20(8-10-21)11-12-22)17-13-15(18-19)14-5-3-2-4-6-14/h2-6,22H,7-13H2,1H3. The van der Waals surface area contributed by atoms with E-state index in [1.807, 2.05) is 30.3 Å². The van der Waals surface area contributed by atoms with E-state index in [1.54, 1.807) is 0 Å². The van der Waals surface area contributed by atoms with Gasteiger partial charge in [-0.05, 0) is 5.56 Å². The van der Waals surface area contributed by atoms with Crippen LogP contribution in [-0.2, 0) is 0 Å². The smallest absolute Gasteiger partial charge is 0.217 e. The van der Waals surface area contributed by atoms with Gasteiger partial charge in [0.25, 0.3) is 0 Å². The summed E-state index contributed by atoms with van der Waals surface area (Å²) >= 11 is 0. The fourth-order valence-corrected chi connectivity index (χ4v) is 2.90. The van der Waals surface area contributed by atoms with Crippen LogP contribution in [0.25, 0.3) is 0 Å². The second kappa shape index (κ2) is 6.89. The number of aliphatic imine (C=N–C) groups is 1. The summed E-state index contributed by atoms with van der Waals surface area (Å²) in [4.78, 5) is 9.29. The van der Waals surface area contributed by atoms with Gasteiger partial charge in [-0.2, -0.15) is 5.10 Å². The van der Waals surface area contributed by atoms with Gasteiger partial charge in [-0.25, -0.2) is 10.0 Å². The van der Waals surface area contributed by atoms with Crippen molar-refractivity contribution in [1.82, 2.24) is 14.8 Å². The molecule has 0 amide bonds. The van der Waals surface area contributed by atoms with Crippen molar-refractivity contribution in [3.05, 3.63) is 35.9 Å². The predicted molar refractivity (Wildman–Crippen MR) is 88.1 cm³/mol. The van der Waals surface area contributed by atoms with Crippen LogP contribution in [0, 0.1) is 0 Å². The van der Waals surface area contributed by atoms with E-state index in [1.165, 1.54) is 0 Å². The molecule has 6 heteroatoms. The molecule has 1 aromatic rings. The van der Waals surface area contributed by atoms with Crippen molar-refractivity contribution in [3.8, 4) is 0 Å². The molecule has 0 saturated carbocycles. The molecule has 0 radical (unpaired) electrons. The summed E-state index contributed by atoms with van der Waals surface area (Å²) in [5.41, 5.74) is 2.13. The lowest BCUT2D eigenvalue weighted by Gasteiger charge is -2.38. The zero-order chi connectivity index (χ0) is 15.4. The maximum absolute atomic E-state index is 9.01. The molecule has 118 valence electrons. The summed E-state index contributed by atoms with van der Waals surface area (Å²) in [6.07, 6.45) is 0. The third-order valence-corrected chi connectivity index (χ3v) is 4.11. The number of benzene rings is 1. The molecule has 0 unspecified atom stereocenters. The number of β-amino-alcohol motifs (C(OH)–C–C–N with tert-alkyl or cyclic N) is 1. The Balaban J connectivity index is 1.62. The summed E-state index contributed by atoms with van der Waals surface area (Å²) < 4.78 is 0. The van der Waals surface area contributed by atoms with Crippen LogP contribution in [0.5, 0.6) is 0 Å². The number of hydrogen-bond donors (Lipinski definition) is 1. The first kappa shape index (κ1) is 15.0. The van der Waals surface area contributed by atoms with Crippen molar-refractivity contribution in [2.45, 2.75) is 0 Å². The Labute approximate surface area is 131 Å². The zero-order valence-electron chi connectivity index (χ0n) is 13.0. The first-order valence-electron chi connectivity index (χ1n) is 7.77. The van der Waals surface area contributed by atoms with E-state index in [0.29, 0.717) is 6.54 Å². The van der Waals surface area contributed by atoms with E-state index in [9.17, 15) is 0 Å². The van der Waals surface area contributed by atoms with Crippen LogP contribution in [0.3, 0.4) is 0 Å². The molecule has 3 rings (SSSR count). The Morgan fingerprint density at radius 3 is 2.45 bits per heavy atom. The third-order valence-electron chi connectivity index (χ3n) is 4.11. The maximum atomic E-state index is 9.01. The molecule has 22 heavy (non-hydrogen) atoms. The van der Waals surface area contributed by atoms with E-state index in [2.05, 4.69) is 27.0 Å². The number of nitrogens with zero attached hydrogens (tertiary/aromatic N) is 5. The summed E-state index contributed by atoms with van der Waals surface area (Å²) in [6, 6.07) is 10.2. The lowest BCUT2D eigenvalue weighted by atomic mass is 10.1. The fourth-order valence-electron chi connectivity index (χ4n) is 2.90. The van der Waals surface area contributed by atoms with Crippen LogP contribution in [0.15, 0.2) is 40.4 Å². The Morgan fingerprint density at radius 2 is 1.82 bits per heavy atom. The molecule has 2 heterocycles. The van der Waals surface area contributed by atoms with Crippen molar-refractivity contribution in [3.63, 3.8) is 0 Å². The van der Waals surface area contributed by atoms with Crippen LogP contribution in [0.4, 0.5) is 0 Å². The minimum atomic E-state index is 0.228. The van der Waals surface area contributed by atoms with Gasteiger partial charge in [0.15, 0.2) is 0 Å². The van der Waals surface area contributed by atoms with Gasteiger partial charge in [0.1, 0.15) is 0 Å². The molecule has 6 nitrogen and oxygen atoms in total. The van der Waals surface area contributed by atoms with E-state index >= 15 is 0 Å². The number of aliphatic hydroxyl groups is 1. The Hall–Kier alpha value is -1.92. The van der Waals surface area contributed by atoms with Crippen LogP contribution < -0.4 is 0 Å². The third kappa shape index (κ3) is 3.28. The van der Waals surface area contributed by atoms with Crippen molar-refractivity contribution in [1.29, 1.82) is 0 Å². The monoisotopic (exact) mass is 301 g/mol. The number of guanidine groups is 1. The number of piperazine rings is 1. The molecule has 0 spiro atoms. The van der Waals surface area contributed by atoms with Gasteiger partial charge < -0.3 is 10.0 Å². The normalized spacial score (nSPS) is 19.9. The zero-order valence-corrected chi connectivity index (χ0v) is 13.0. The predicted octanol–water partition coefficient (Wildman–Crippen LogP) is 0.302. The molecule has 1 aromatic carbocycles. The average Bonchev–Trinajstić information content (AvgIpc) is 2.57. The van der Waals surface area contributed by atoms with E-state index < -0.39 is 0 Å². The quantitative estimate of drug-likeness (QED) is 0.872. The number of hydrazone groups is 1. The van der Waals surface area contributed by atoms with Crippen molar-refractivity contribution < 1.29 is 5.11 Å². The molecule has 1 N–H and O–H groups in total. The topological polar surface area (TPSA) is 54.7 Å². The SMILES string of the molecule is CN1N=C(c2ccccc2)CN=C1N1CCN(CCO)CC1. The lowest BCUT2D eigenvalue weighted by Crippen LogP contribution is -2.53. The lowest BCUT2D eigenvalue weighted by molar-refractivity contribution is 0.140. The molecular weight excluding hydrogens is 278 g/mol. The highest BCUT2D eigenvalue weighted by molar-refractivity contribution is 6.04. The van der Waals surface area contributed by atoms with Gasteiger partial charge in [-0.1, -0.05) is 30.3 Å². The molecule has 0 atom stereocenters. The van der Waals surface area contributed by atoms with Crippen LogP contribution in [0.1, 0.15) is 5.56 Å². The van der Waals surface area contributed by atoms with Crippen LogP contribution in [-0.4, -0.2) is 84.5 Å². The van der Waals surface area contributed by atoms with Crippen LogP contribution >= 0.6 is 0 Å². The van der Waals surface area contributed by atoms with E-state index in [0.717, 1.165) is 50.0 Å². The van der Waals surface area contributed by atoms with Gasteiger partial charge in [0.2, 0.25) is 5.96 Å². The summed E-state index contributed by atoms with van der Waals surface area (Å²) in [7, 11) is 1.96. The molecular formula is C16H23N5O. The molecule has 1 fully saturated rings. The molecule has 2 aliphatic heterocycles. The van der Waals surface area contributed by atoms with Crippen molar-refractivity contribution >= 4 is 11.7 Å². The summed E-state index contributed by atoms with van der Waals surface area (Å²) in [5, 5.41) is 15.6. The Kier molecular flexibility index (Phi) is 4.70. The molecule has 2 aliphatic rings. The highest BCUT2D eigenvalue weighted by Gasteiger charge is 2.24. The molecule has 1 saturated heterocycles. The second-order valence-electron chi connectivity index (χ2n) is 5.60. The van der Waals surface area contributed by atoms with Crippen molar-refractivity contribution in [2.75, 3.05) is 52.9 Å².